The molecular formula is C26H46N5O4+. The number of nitrogens with zero attached hydrogens (tertiary/aromatic N) is 1. The largest absolute Gasteiger partial charge is 0.381 e. The van der Waals surface area contributed by atoms with Gasteiger partial charge >= 0.3 is 0 Å². The van der Waals surface area contributed by atoms with E-state index in [-0.39, 0.29) is 48.3 Å². The van der Waals surface area contributed by atoms with Crippen molar-refractivity contribution >= 4 is 11.8 Å². The molecule has 6 unspecified atom stereocenters. The lowest BCUT2D eigenvalue weighted by atomic mass is 9.80. The smallest absolute Gasteiger partial charge is 0.234 e. The molecule has 0 aromatic carbocycles. The summed E-state index contributed by atoms with van der Waals surface area (Å²) in [6.07, 6.45) is 11.6. The third kappa shape index (κ3) is 5.54. The van der Waals surface area contributed by atoms with Crippen molar-refractivity contribution in [2.45, 2.75) is 101 Å². The van der Waals surface area contributed by atoms with Gasteiger partial charge in [0.1, 0.15) is 24.5 Å². The van der Waals surface area contributed by atoms with E-state index in [1.807, 2.05) is 4.90 Å². The first-order valence-corrected chi connectivity index (χ1v) is 14.1. The predicted molar refractivity (Wildman–Crippen MR) is 131 cm³/mol. The summed E-state index contributed by atoms with van der Waals surface area (Å²) in [6.45, 7) is 3.04. The number of fused-ring (bicyclic) bond motifs is 2. The van der Waals surface area contributed by atoms with Crippen molar-refractivity contribution in [2.75, 3.05) is 33.4 Å². The highest BCUT2D eigenvalue weighted by atomic mass is 16.5. The first-order valence-electron chi connectivity index (χ1n) is 14.1. The average molecular weight is 493 g/mol. The quantitative estimate of drug-likeness (QED) is 0.397. The number of carbonyl (C=O) groups is 2. The van der Waals surface area contributed by atoms with Gasteiger partial charge < -0.3 is 24.6 Å². The monoisotopic (exact) mass is 492 g/mol. The Morgan fingerprint density at radius 3 is 2.77 bits per heavy atom. The molecule has 35 heavy (non-hydrogen) atoms. The maximum Gasteiger partial charge on any atom is 0.234 e. The molecule has 4 heterocycles. The van der Waals surface area contributed by atoms with Crippen LogP contribution < -0.4 is 21.3 Å². The molecule has 0 aromatic heterocycles. The zero-order chi connectivity index (χ0) is 24.4. The molecule has 5 aliphatic rings. The number of methoxy groups -OCH3 is 1. The summed E-state index contributed by atoms with van der Waals surface area (Å²) < 4.78 is 11.4. The summed E-state index contributed by atoms with van der Waals surface area (Å²) >= 11 is 0. The van der Waals surface area contributed by atoms with Crippen LogP contribution in [0.3, 0.4) is 0 Å². The molecule has 0 spiro atoms. The standard InChI is InChI=1S/C26H45N5O4/c1-34-18-9-7-17(8-10-18)11-12-28-25(32)20-15-21-24(29-22-6-2-3-13-30(22)26(21)33)31(23(20)27)16-19-5-4-14-35-19/h17-24,29H,2-16,27H2,1H3,(H,28,32)/p+1/t17?,18?,19-,20?,21?,22?,23?,24?/m1/s1. The number of amides is 2. The molecule has 5 rings (SSSR count). The van der Waals surface area contributed by atoms with Gasteiger partial charge in [-0.2, -0.15) is 0 Å². The molecule has 4 saturated heterocycles. The van der Waals surface area contributed by atoms with Gasteiger partial charge in [0.2, 0.25) is 11.8 Å². The van der Waals surface area contributed by atoms with Crippen LogP contribution >= 0.6 is 0 Å². The fraction of sp³-hybridized carbons (Fsp3) is 0.923. The topological polar surface area (TPSA) is 110 Å². The second-order valence-corrected chi connectivity index (χ2v) is 11.5. The summed E-state index contributed by atoms with van der Waals surface area (Å²) in [5.74, 6) is 0.306. The van der Waals surface area contributed by atoms with Crippen molar-refractivity contribution in [3.05, 3.63) is 0 Å². The third-order valence-corrected chi connectivity index (χ3v) is 9.45. The Balaban J connectivity index is 1.23. The molecule has 0 radical (unpaired) electrons. The minimum Gasteiger partial charge on any atom is -0.381 e. The van der Waals surface area contributed by atoms with Gasteiger partial charge in [-0.25, -0.2) is 5.32 Å². The van der Waals surface area contributed by atoms with Gasteiger partial charge in [0.15, 0.2) is 12.3 Å². The fourth-order valence-electron chi connectivity index (χ4n) is 7.32. The van der Waals surface area contributed by atoms with Crippen molar-refractivity contribution < 1.29 is 24.0 Å². The number of quaternary nitrogens is 1. The van der Waals surface area contributed by atoms with Gasteiger partial charge in [-0.1, -0.05) is 0 Å². The molecule has 1 saturated carbocycles. The van der Waals surface area contributed by atoms with E-state index < -0.39 is 0 Å². The number of hydrogen-bond donors (Lipinski definition) is 4. The van der Waals surface area contributed by atoms with Crippen LogP contribution in [0.15, 0.2) is 0 Å². The second-order valence-electron chi connectivity index (χ2n) is 11.5. The van der Waals surface area contributed by atoms with Crippen LogP contribution in [0.25, 0.3) is 0 Å². The van der Waals surface area contributed by atoms with Crippen LogP contribution in [0, 0.1) is 17.8 Å². The number of carbonyl (C=O) groups excluding carboxylic acids is 2. The summed E-state index contributed by atoms with van der Waals surface area (Å²) in [5.41, 5.74) is 6.84. The maximum absolute atomic E-state index is 13.6. The summed E-state index contributed by atoms with van der Waals surface area (Å²) in [4.78, 5) is 30.1. The van der Waals surface area contributed by atoms with Crippen LogP contribution in [0.1, 0.15) is 70.6 Å². The molecule has 4 aliphatic heterocycles. The van der Waals surface area contributed by atoms with Crippen molar-refractivity contribution in [3.8, 4) is 0 Å². The minimum absolute atomic E-state index is 0.0138. The number of nitrogens with two attached hydrogens (primary N) is 1. The van der Waals surface area contributed by atoms with Gasteiger partial charge in [-0.3, -0.25) is 15.3 Å². The maximum atomic E-state index is 13.6. The highest BCUT2D eigenvalue weighted by molar-refractivity contribution is 5.83. The average Bonchev–Trinajstić information content (AvgIpc) is 3.40. The van der Waals surface area contributed by atoms with Crippen molar-refractivity contribution in [1.82, 2.24) is 15.5 Å². The number of hydrogen-bond acceptors (Lipinski definition) is 6. The lowest BCUT2D eigenvalue weighted by Crippen LogP contribution is -3.26. The Labute approximate surface area is 209 Å². The van der Waals surface area contributed by atoms with Gasteiger partial charge in [0.25, 0.3) is 0 Å². The summed E-state index contributed by atoms with van der Waals surface area (Å²) in [5, 5.41) is 6.98. The van der Waals surface area contributed by atoms with Gasteiger partial charge in [-0.15, -0.1) is 0 Å². The second kappa shape index (κ2) is 11.4. The number of rotatable bonds is 7. The van der Waals surface area contributed by atoms with E-state index in [4.69, 9.17) is 15.2 Å². The summed E-state index contributed by atoms with van der Waals surface area (Å²) in [6, 6.07) is 0. The molecule has 2 amide bonds. The molecule has 1 aliphatic carbocycles. The molecule has 198 valence electrons. The SMILES string of the molecule is COC1CCC(CCNC(=O)C2CC3C(=O)N4CCCCC4NC3[NH+](C[C@H]3CCCO3)C2N)CC1. The zero-order valence-corrected chi connectivity index (χ0v) is 21.4. The zero-order valence-electron chi connectivity index (χ0n) is 21.4. The Morgan fingerprint density at radius 1 is 1.20 bits per heavy atom. The predicted octanol–water partition coefficient (Wildman–Crippen LogP) is -0.0494. The first kappa shape index (κ1) is 25.4. The van der Waals surface area contributed by atoms with Crippen LogP contribution in [0.2, 0.25) is 0 Å². The van der Waals surface area contributed by atoms with E-state index in [1.54, 1.807) is 7.11 Å². The lowest BCUT2D eigenvalue weighted by Gasteiger charge is -2.53. The van der Waals surface area contributed by atoms with Crippen molar-refractivity contribution in [1.29, 1.82) is 0 Å². The summed E-state index contributed by atoms with van der Waals surface area (Å²) in [7, 11) is 1.80. The minimum atomic E-state index is -0.357. The lowest BCUT2D eigenvalue weighted by molar-refractivity contribution is -0.967. The van der Waals surface area contributed by atoms with Crippen LogP contribution in [0.5, 0.6) is 0 Å². The number of nitrogens with one attached hydrogen (secondary N) is 3. The van der Waals surface area contributed by atoms with Crippen molar-refractivity contribution in [2.24, 2.45) is 23.5 Å². The molecule has 5 fully saturated rings. The van der Waals surface area contributed by atoms with Crippen LogP contribution in [0.4, 0.5) is 0 Å². The highest BCUT2D eigenvalue weighted by Crippen LogP contribution is 2.31. The van der Waals surface area contributed by atoms with Gasteiger partial charge in [0.05, 0.1) is 12.3 Å². The van der Waals surface area contributed by atoms with E-state index >= 15 is 0 Å². The van der Waals surface area contributed by atoms with Crippen LogP contribution in [-0.4, -0.2) is 80.8 Å². The Morgan fingerprint density at radius 2 is 2.03 bits per heavy atom. The fourth-order valence-corrected chi connectivity index (χ4v) is 7.32. The van der Waals surface area contributed by atoms with Gasteiger partial charge in [-0.05, 0) is 76.5 Å². The van der Waals surface area contributed by atoms with Gasteiger partial charge in [0, 0.05) is 26.8 Å². The first-order chi connectivity index (χ1) is 17.0. The molecule has 9 heteroatoms. The Kier molecular flexibility index (Phi) is 8.29. The molecule has 7 atom stereocenters. The Bertz CT molecular complexity index is 739. The number of ether oxygens (including phenoxy) is 2. The third-order valence-electron chi connectivity index (χ3n) is 9.45. The molecule has 9 nitrogen and oxygen atoms in total. The van der Waals surface area contributed by atoms with E-state index in [2.05, 4.69) is 10.6 Å². The molecule has 0 aromatic rings. The molecular weight excluding hydrogens is 446 g/mol. The van der Waals surface area contributed by atoms with Crippen LogP contribution in [-0.2, 0) is 19.1 Å². The Hall–Kier alpha value is -1.26. The highest BCUT2D eigenvalue weighted by Gasteiger charge is 2.55. The van der Waals surface area contributed by atoms with E-state index in [1.165, 1.54) is 0 Å². The normalized spacial score (nSPS) is 41.8. The van der Waals surface area contributed by atoms with E-state index in [0.717, 1.165) is 88.8 Å². The van der Waals surface area contributed by atoms with E-state index in [9.17, 15) is 9.59 Å². The van der Waals surface area contributed by atoms with Crippen molar-refractivity contribution in [3.63, 3.8) is 0 Å². The van der Waals surface area contributed by atoms with E-state index in [0.29, 0.717) is 25.0 Å². The number of piperidine rings is 2. The molecule has 5 N–H and O–H groups in total. The molecule has 0 bridgehead atoms. The number of likely N-dealkylation sites (tertiary alicyclic amines) is 1.